The van der Waals surface area contributed by atoms with Crippen LogP contribution in [0.25, 0.3) is 54.9 Å². The third-order valence-corrected chi connectivity index (χ3v) is 7.78. The minimum absolute atomic E-state index is 1.13. The molecule has 6 rings (SSSR count). The summed E-state index contributed by atoms with van der Waals surface area (Å²) in [6, 6.07) is 44.9. The maximum absolute atomic E-state index is 2.47. The number of rotatable bonds is 7. The summed E-state index contributed by atoms with van der Waals surface area (Å²) in [4.78, 5) is 0. The van der Waals surface area contributed by atoms with Crippen LogP contribution in [0.1, 0.15) is 37.3 Å². The van der Waals surface area contributed by atoms with Gasteiger partial charge in [0.15, 0.2) is 0 Å². The molecule has 0 radical (unpaired) electrons. The SMILES string of the molecule is CCCCCc1ccc2c(-c3ccc(-c4ccccc4)cc3)c3ccccc3c(-c3ccc(C)cc3)c2c1. The van der Waals surface area contributed by atoms with E-state index in [2.05, 4.69) is 135 Å². The standard InChI is InChI=1S/C38H34/c1-3-4-6-11-28-18-25-35-36(26-28)38(31-19-16-27(2)17-20-31)34-15-10-9-14-33(34)37(35)32-23-21-30(22-24-32)29-12-7-5-8-13-29/h5,7-10,12-26H,3-4,6,11H2,1-2H3. The number of aryl methyl sites for hydroxylation is 2. The third kappa shape index (κ3) is 4.63. The Hall–Kier alpha value is -4.16. The Kier molecular flexibility index (Phi) is 6.80. The van der Waals surface area contributed by atoms with Gasteiger partial charge in [-0.05, 0) is 80.3 Å². The number of benzene rings is 6. The van der Waals surface area contributed by atoms with E-state index in [0.717, 1.165) is 6.42 Å². The second-order valence-corrected chi connectivity index (χ2v) is 10.4. The Morgan fingerprint density at radius 2 is 0.974 bits per heavy atom. The molecule has 0 unspecified atom stereocenters. The predicted octanol–water partition coefficient (Wildman–Crippen LogP) is 11.0. The molecule has 6 aromatic carbocycles. The van der Waals surface area contributed by atoms with Crippen LogP contribution in [0.3, 0.4) is 0 Å². The summed E-state index contributed by atoms with van der Waals surface area (Å²) in [6.07, 6.45) is 4.89. The van der Waals surface area contributed by atoms with E-state index in [1.54, 1.807) is 0 Å². The van der Waals surface area contributed by atoms with Gasteiger partial charge in [-0.25, -0.2) is 0 Å². The van der Waals surface area contributed by atoms with Crippen LogP contribution in [-0.4, -0.2) is 0 Å². The summed E-state index contributed by atoms with van der Waals surface area (Å²) in [5.74, 6) is 0. The highest BCUT2D eigenvalue weighted by Crippen LogP contribution is 2.44. The highest BCUT2D eigenvalue weighted by molar-refractivity contribution is 6.21. The molecule has 0 aliphatic rings. The van der Waals surface area contributed by atoms with Crippen LogP contribution in [-0.2, 0) is 6.42 Å². The molecule has 6 aromatic rings. The molecule has 0 nitrogen and oxygen atoms in total. The lowest BCUT2D eigenvalue weighted by Crippen LogP contribution is -1.93. The molecule has 0 N–H and O–H groups in total. The second kappa shape index (κ2) is 10.7. The van der Waals surface area contributed by atoms with E-state index in [0.29, 0.717) is 0 Å². The van der Waals surface area contributed by atoms with Crippen LogP contribution in [0, 0.1) is 6.92 Å². The number of unbranched alkanes of at least 4 members (excludes halogenated alkanes) is 2. The normalized spacial score (nSPS) is 11.3. The molecule has 0 aliphatic heterocycles. The molecule has 0 fully saturated rings. The Bertz CT molecular complexity index is 1690. The Morgan fingerprint density at radius 3 is 1.63 bits per heavy atom. The Balaban J connectivity index is 1.60. The Morgan fingerprint density at radius 1 is 0.447 bits per heavy atom. The average Bonchev–Trinajstić information content (AvgIpc) is 2.97. The zero-order valence-corrected chi connectivity index (χ0v) is 22.4. The molecule has 0 bridgehead atoms. The second-order valence-electron chi connectivity index (χ2n) is 10.4. The first kappa shape index (κ1) is 24.2. The van der Waals surface area contributed by atoms with Gasteiger partial charge in [0.25, 0.3) is 0 Å². The molecular weight excluding hydrogens is 456 g/mol. The van der Waals surface area contributed by atoms with E-state index >= 15 is 0 Å². The maximum atomic E-state index is 2.47. The molecule has 0 saturated heterocycles. The monoisotopic (exact) mass is 490 g/mol. The van der Waals surface area contributed by atoms with E-state index < -0.39 is 0 Å². The van der Waals surface area contributed by atoms with E-state index in [1.165, 1.54) is 85.3 Å². The zero-order valence-electron chi connectivity index (χ0n) is 22.4. The largest absolute Gasteiger partial charge is 0.0654 e. The van der Waals surface area contributed by atoms with Gasteiger partial charge in [-0.3, -0.25) is 0 Å². The summed E-state index contributed by atoms with van der Waals surface area (Å²) >= 11 is 0. The number of hydrogen-bond acceptors (Lipinski definition) is 0. The van der Waals surface area contributed by atoms with Crippen molar-refractivity contribution >= 4 is 21.5 Å². The van der Waals surface area contributed by atoms with Crippen LogP contribution in [0.15, 0.2) is 121 Å². The van der Waals surface area contributed by atoms with Gasteiger partial charge >= 0.3 is 0 Å². The summed E-state index contributed by atoms with van der Waals surface area (Å²) in [6.45, 7) is 4.44. The highest BCUT2D eigenvalue weighted by atomic mass is 14.2. The average molecular weight is 491 g/mol. The molecule has 0 heteroatoms. The molecule has 0 saturated carbocycles. The number of fused-ring (bicyclic) bond motifs is 2. The number of hydrogen-bond donors (Lipinski definition) is 0. The van der Waals surface area contributed by atoms with Crippen LogP contribution >= 0.6 is 0 Å². The van der Waals surface area contributed by atoms with Crippen molar-refractivity contribution in [2.24, 2.45) is 0 Å². The van der Waals surface area contributed by atoms with Crippen molar-refractivity contribution in [2.45, 2.75) is 39.5 Å². The molecule has 0 amide bonds. The van der Waals surface area contributed by atoms with Gasteiger partial charge in [-0.1, -0.05) is 147 Å². The molecule has 0 spiro atoms. The van der Waals surface area contributed by atoms with E-state index in [9.17, 15) is 0 Å². The third-order valence-electron chi connectivity index (χ3n) is 7.78. The molecule has 186 valence electrons. The first-order chi connectivity index (χ1) is 18.7. The van der Waals surface area contributed by atoms with Crippen molar-refractivity contribution < 1.29 is 0 Å². The molecule has 0 aliphatic carbocycles. The van der Waals surface area contributed by atoms with Crippen LogP contribution in [0.5, 0.6) is 0 Å². The maximum Gasteiger partial charge on any atom is -0.00263 e. The van der Waals surface area contributed by atoms with Crippen LogP contribution in [0.2, 0.25) is 0 Å². The lowest BCUT2D eigenvalue weighted by Gasteiger charge is -2.19. The minimum atomic E-state index is 1.13. The fourth-order valence-corrected chi connectivity index (χ4v) is 5.76. The van der Waals surface area contributed by atoms with Crippen molar-refractivity contribution in [1.82, 2.24) is 0 Å². The molecule has 0 atom stereocenters. The van der Waals surface area contributed by atoms with E-state index in [1.807, 2.05) is 0 Å². The fourth-order valence-electron chi connectivity index (χ4n) is 5.76. The molecular formula is C38H34. The van der Waals surface area contributed by atoms with E-state index in [-0.39, 0.29) is 0 Å². The van der Waals surface area contributed by atoms with Crippen molar-refractivity contribution in [3.8, 4) is 33.4 Å². The topological polar surface area (TPSA) is 0 Å². The van der Waals surface area contributed by atoms with E-state index in [4.69, 9.17) is 0 Å². The van der Waals surface area contributed by atoms with Crippen molar-refractivity contribution in [1.29, 1.82) is 0 Å². The van der Waals surface area contributed by atoms with Gasteiger partial charge in [0.1, 0.15) is 0 Å². The van der Waals surface area contributed by atoms with Crippen molar-refractivity contribution in [3.63, 3.8) is 0 Å². The van der Waals surface area contributed by atoms with Gasteiger partial charge in [0.2, 0.25) is 0 Å². The smallest absolute Gasteiger partial charge is 0.00263 e. The lowest BCUT2D eigenvalue weighted by molar-refractivity contribution is 0.718. The minimum Gasteiger partial charge on any atom is -0.0654 e. The van der Waals surface area contributed by atoms with Gasteiger partial charge in [0, 0.05) is 0 Å². The fraction of sp³-hybridized carbons (Fsp3) is 0.158. The van der Waals surface area contributed by atoms with Gasteiger partial charge in [-0.2, -0.15) is 0 Å². The summed E-state index contributed by atoms with van der Waals surface area (Å²) in [5.41, 5.74) is 10.4. The van der Waals surface area contributed by atoms with Crippen LogP contribution < -0.4 is 0 Å². The summed E-state index contributed by atoms with van der Waals surface area (Å²) < 4.78 is 0. The Labute approximate surface area is 226 Å². The first-order valence-corrected chi connectivity index (χ1v) is 13.9. The van der Waals surface area contributed by atoms with Crippen molar-refractivity contribution in [2.75, 3.05) is 0 Å². The molecule has 38 heavy (non-hydrogen) atoms. The zero-order chi connectivity index (χ0) is 25.9. The van der Waals surface area contributed by atoms with Gasteiger partial charge < -0.3 is 0 Å². The first-order valence-electron chi connectivity index (χ1n) is 13.9. The van der Waals surface area contributed by atoms with Crippen LogP contribution in [0.4, 0.5) is 0 Å². The molecule has 0 aromatic heterocycles. The predicted molar refractivity (Wildman–Crippen MR) is 166 cm³/mol. The van der Waals surface area contributed by atoms with Gasteiger partial charge in [0.05, 0.1) is 0 Å². The quantitative estimate of drug-likeness (QED) is 0.154. The summed E-state index contributed by atoms with van der Waals surface area (Å²) in [7, 11) is 0. The molecule has 0 heterocycles. The van der Waals surface area contributed by atoms with Gasteiger partial charge in [-0.15, -0.1) is 0 Å². The highest BCUT2D eigenvalue weighted by Gasteiger charge is 2.17. The lowest BCUT2D eigenvalue weighted by atomic mass is 9.84. The van der Waals surface area contributed by atoms with Crippen molar-refractivity contribution in [3.05, 3.63) is 132 Å². The summed E-state index contributed by atoms with van der Waals surface area (Å²) in [5, 5.41) is 5.30.